The number of carbonyl (C=O) groups excluding carboxylic acids is 1. The van der Waals surface area contributed by atoms with E-state index in [4.69, 9.17) is 14.2 Å². The van der Waals surface area contributed by atoms with Gasteiger partial charge in [0.15, 0.2) is 23.1 Å². The second kappa shape index (κ2) is 14.0. The first-order valence-electron chi connectivity index (χ1n) is 15.6. The molecule has 0 saturated carbocycles. The number of amides is 1. The highest BCUT2D eigenvalue weighted by Gasteiger charge is 2.23. The van der Waals surface area contributed by atoms with Crippen molar-refractivity contribution in [2.45, 2.75) is 32.6 Å². The molecule has 1 amide bonds. The molecule has 47 heavy (non-hydrogen) atoms. The van der Waals surface area contributed by atoms with Gasteiger partial charge in [0, 0.05) is 49.2 Å². The van der Waals surface area contributed by atoms with Crippen molar-refractivity contribution in [2.75, 3.05) is 38.7 Å². The van der Waals surface area contributed by atoms with E-state index in [2.05, 4.69) is 20.2 Å². The molecule has 1 aliphatic rings. The molecule has 0 atom stereocenters. The van der Waals surface area contributed by atoms with Crippen molar-refractivity contribution >= 4 is 22.5 Å². The van der Waals surface area contributed by atoms with Gasteiger partial charge in [0.2, 0.25) is 0 Å². The number of benzene rings is 2. The number of imidazole rings is 1. The lowest BCUT2D eigenvalue weighted by Crippen LogP contribution is -2.31. The number of pyridine rings is 2. The van der Waals surface area contributed by atoms with Crippen LogP contribution in [0.15, 0.2) is 71.8 Å². The summed E-state index contributed by atoms with van der Waals surface area (Å²) >= 11 is 0. The third-order valence-electron chi connectivity index (χ3n) is 8.31. The van der Waals surface area contributed by atoms with E-state index in [0.29, 0.717) is 46.3 Å². The van der Waals surface area contributed by atoms with Crippen LogP contribution < -0.4 is 25.2 Å². The molecule has 1 N–H and O–H groups in total. The van der Waals surface area contributed by atoms with E-state index in [0.717, 1.165) is 32.1 Å². The van der Waals surface area contributed by atoms with E-state index in [1.807, 2.05) is 0 Å². The molecule has 11 nitrogen and oxygen atoms in total. The standard InChI is InChI=1S/C35H37FN6O5/c1-23-33(40(2)35(44)42(23)32-10-5-6-14-38-32)34(43)39-24-11-12-29(26(36)20-24)47-28-13-15-37-27-22-31(30(45-3)21-25(27)28)46-19-9-18-41-16-7-4-8-17-41/h5-6,10-15,20-22H,4,7-9,16-19H2,1-3H3,(H,39,43). The number of likely N-dealkylation sites (tertiary alicyclic amines) is 1. The molecule has 1 fully saturated rings. The number of methoxy groups -OCH3 is 1. The van der Waals surface area contributed by atoms with Crippen LogP contribution in [0.3, 0.4) is 0 Å². The van der Waals surface area contributed by atoms with E-state index in [-0.39, 0.29) is 17.1 Å². The topological polar surface area (TPSA) is 113 Å². The first-order chi connectivity index (χ1) is 22.8. The predicted octanol–water partition coefficient (Wildman–Crippen LogP) is 5.87. The Labute approximate surface area is 271 Å². The van der Waals surface area contributed by atoms with Gasteiger partial charge in [0.05, 0.1) is 24.9 Å². The number of hydrogen-bond donors (Lipinski definition) is 1. The van der Waals surface area contributed by atoms with Crippen LogP contribution in [0.5, 0.6) is 23.0 Å². The van der Waals surface area contributed by atoms with Gasteiger partial charge in [-0.05, 0) is 75.7 Å². The van der Waals surface area contributed by atoms with Gasteiger partial charge < -0.3 is 24.4 Å². The molecule has 0 bridgehead atoms. The Morgan fingerprint density at radius 2 is 1.79 bits per heavy atom. The van der Waals surface area contributed by atoms with Crippen molar-refractivity contribution in [3.8, 4) is 28.8 Å². The highest BCUT2D eigenvalue weighted by Crippen LogP contribution is 2.38. The average molecular weight is 641 g/mol. The van der Waals surface area contributed by atoms with Crippen LogP contribution >= 0.6 is 0 Å². The Hall–Kier alpha value is -5.23. The number of hydrogen-bond acceptors (Lipinski definition) is 8. The summed E-state index contributed by atoms with van der Waals surface area (Å²) in [4.78, 5) is 37.3. The maximum absolute atomic E-state index is 15.3. The number of anilines is 1. The summed E-state index contributed by atoms with van der Waals surface area (Å²) in [6.45, 7) is 5.50. The molecule has 4 heterocycles. The summed E-state index contributed by atoms with van der Waals surface area (Å²) < 4.78 is 35.6. The van der Waals surface area contributed by atoms with Crippen LogP contribution in [0.4, 0.5) is 10.1 Å². The molecular weight excluding hydrogens is 603 g/mol. The highest BCUT2D eigenvalue weighted by molar-refractivity contribution is 6.04. The molecule has 0 unspecified atom stereocenters. The highest BCUT2D eigenvalue weighted by atomic mass is 19.1. The number of halogens is 1. The summed E-state index contributed by atoms with van der Waals surface area (Å²) in [5.41, 5.74) is 0.913. The first-order valence-corrected chi connectivity index (χ1v) is 15.6. The van der Waals surface area contributed by atoms with Crippen LogP contribution in [0.1, 0.15) is 41.9 Å². The zero-order chi connectivity index (χ0) is 32.9. The second-order valence-electron chi connectivity index (χ2n) is 11.4. The summed E-state index contributed by atoms with van der Waals surface area (Å²) in [5.74, 6) is 0.572. The van der Waals surface area contributed by atoms with E-state index >= 15 is 4.39 Å². The quantitative estimate of drug-likeness (QED) is 0.178. The number of ether oxygens (including phenoxy) is 3. The molecule has 1 aliphatic heterocycles. The fraction of sp³-hybridized carbons (Fsp3) is 0.314. The van der Waals surface area contributed by atoms with Gasteiger partial charge in [-0.15, -0.1) is 0 Å². The average Bonchev–Trinajstić information content (AvgIpc) is 3.31. The van der Waals surface area contributed by atoms with Gasteiger partial charge >= 0.3 is 5.69 Å². The normalized spacial score (nSPS) is 13.4. The van der Waals surface area contributed by atoms with Crippen molar-refractivity contribution in [2.24, 2.45) is 7.05 Å². The number of rotatable bonds is 11. The van der Waals surface area contributed by atoms with Crippen molar-refractivity contribution in [1.82, 2.24) is 24.0 Å². The molecule has 0 radical (unpaired) electrons. The minimum absolute atomic E-state index is 0.0441. The number of piperidine rings is 1. The molecule has 3 aromatic heterocycles. The number of nitrogens with zero attached hydrogens (tertiary/aromatic N) is 5. The minimum atomic E-state index is -0.690. The summed E-state index contributed by atoms with van der Waals surface area (Å²) in [5, 5.41) is 3.30. The van der Waals surface area contributed by atoms with Crippen molar-refractivity contribution < 1.29 is 23.4 Å². The molecular formula is C35H37FN6O5. The molecule has 6 rings (SSSR count). The number of fused-ring (bicyclic) bond motifs is 1. The number of aromatic nitrogens is 4. The Balaban J connectivity index is 1.16. The molecule has 1 saturated heterocycles. The Morgan fingerprint density at radius 1 is 0.957 bits per heavy atom. The minimum Gasteiger partial charge on any atom is -0.493 e. The van der Waals surface area contributed by atoms with Gasteiger partial charge in [0.25, 0.3) is 5.91 Å². The fourth-order valence-electron chi connectivity index (χ4n) is 5.92. The molecule has 12 heteroatoms. The van der Waals surface area contributed by atoms with Crippen LogP contribution in [0.2, 0.25) is 0 Å². The number of nitrogens with one attached hydrogen (secondary N) is 1. The van der Waals surface area contributed by atoms with Gasteiger partial charge in [-0.3, -0.25) is 14.3 Å². The number of carbonyl (C=O) groups is 1. The summed E-state index contributed by atoms with van der Waals surface area (Å²) in [7, 11) is 3.07. The Morgan fingerprint density at radius 3 is 2.53 bits per heavy atom. The van der Waals surface area contributed by atoms with Crippen molar-refractivity contribution in [3.05, 3.63) is 94.7 Å². The third kappa shape index (κ3) is 6.82. The molecule has 244 valence electrons. The van der Waals surface area contributed by atoms with Crippen LogP contribution in [-0.4, -0.2) is 63.3 Å². The van der Waals surface area contributed by atoms with E-state index in [9.17, 15) is 9.59 Å². The predicted molar refractivity (Wildman–Crippen MR) is 177 cm³/mol. The van der Waals surface area contributed by atoms with Crippen LogP contribution in [-0.2, 0) is 7.05 Å². The van der Waals surface area contributed by atoms with Gasteiger partial charge in [-0.1, -0.05) is 12.5 Å². The largest absolute Gasteiger partial charge is 0.493 e. The zero-order valence-corrected chi connectivity index (χ0v) is 26.7. The van der Waals surface area contributed by atoms with Crippen molar-refractivity contribution in [3.63, 3.8) is 0 Å². The first kappa shape index (κ1) is 31.7. The summed E-state index contributed by atoms with van der Waals surface area (Å²) in [6, 6.07) is 14.5. The monoisotopic (exact) mass is 640 g/mol. The zero-order valence-electron chi connectivity index (χ0n) is 26.7. The lowest BCUT2D eigenvalue weighted by atomic mass is 10.1. The van der Waals surface area contributed by atoms with E-state index in [1.165, 1.54) is 47.6 Å². The van der Waals surface area contributed by atoms with E-state index < -0.39 is 17.4 Å². The molecule has 5 aromatic rings. The van der Waals surface area contributed by atoms with Crippen molar-refractivity contribution in [1.29, 1.82) is 0 Å². The fourth-order valence-corrected chi connectivity index (χ4v) is 5.92. The van der Waals surface area contributed by atoms with Gasteiger partial charge in [-0.2, -0.15) is 0 Å². The summed E-state index contributed by atoms with van der Waals surface area (Å²) in [6.07, 6.45) is 7.88. The lowest BCUT2D eigenvalue weighted by Gasteiger charge is -2.26. The molecule has 0 aliphatic carbocycles. The maximum Gasteiger partial charge on any atom is 0.334 e. The smallest absolute Gasteiger partial charge is 0.334 e. The maximum atomic E-state index is 15.3. The lowest BCUT2D eigenvalue weighted by molar-refractivity contribution is 0.101. The van der Waals surface area contributed by atoms with E-state index in [1.54, 1.807) is 62.8 Å². The van der Waals surface area contributed by atoms with Gasteiger partial charge in [-0.25, -0.2) is 18.7 Å². The second-order valence-corrected chi connectivity index (χ2v) is 11.4. The molecule has 0 spiro atoms. The SMILES string of the molecule is COc1cc2c(Oc3ccc(NC(=O)c4c(C)n(-c5ccccn5)c(=O)n4C)cc3F)ccnc2cc1OCCCN1CCCCC1. The Kier molecular flexibility index (Phi) is 9.48. The molecule has 2 aromatic carbocycles. The van der Waals surface area contributed by atoms with Crippen LogP contribution in [0.25, 0.3) is 16.7 Å². The van der Waals surface area contributed by atoms with Crippen LogP contribution in [0, 0.1) is 12.7 Å². The third-order valence-corrected chi connectivity index (χ3v) is 8.31. The Bertz CT molecular complexity index is 1950. The van der Waals surface area contributed by atoms with Gasteiger partial charge in [0.1, 0.15) is 17.3 Å².